The third-order valence-electron chi connectivity index (χ3n) is 4.74. The minimum Gasteiger partial charge on any atom is -0.407 e. The number of fused-ring (bicyclic) bond motifs is 2. The molecule has 0 fully saturated rings. The van der Waals surface area contributed by atoms with Crippen LogP contribution in [-0.4, -0.2) is 0 Å². The highest BCUT2D eigenvalue weighted by atomic mass is 35.5. The van der Waals surface area contributed by atoms with Crippen molar-refractivity contribution >= 4 is 88.1 Å². The molecule has 0 unspecified atom stereocenters. The molecule has 0 atom stereocenters. The Kier molecular flexibility index (Phi) is 7.10. The van der Waals surface area contributed by atoms with Crippen molar-refractivity contribution in [2.45, 2.75) is 20.3 Å². The van der Waals surface area contributed by atoms with E-state index in [-0.39, 0.29) is 48.1 Å². The molecule has 0 saturated carbocycles. The highest BCUT2D eigenvalue weighted by Gasteiger charge is 2.36. The van der Waals surface area contributed by atoms with Gasteiger partial charge >= 0.3 is 6.72 Å². The molecule has 0 spiro atoms. The van der Waals surface area contributed by atoms with E-state index in [0.29, 0.717) is 16.9 Å². The van der Waals surface area contributed by atoms with Crippen molar-refractivity contribution in [3.63, 3.8) is 0 Å². The third-order valence-corrected chi connectivity index (χ3v) is 8.86. The molecule has 3 nitrogen and oxygen atoms in total. The van der Waals surface area contributed by atoms with Gasteiger partial charge in [0.15, 0.2) is 11.5 Å². The Morgan fingerprint density at radius 3 is 1.75 bits per heavy atom. The molecule has 0 radical (unpaired) electrons. The fourth-order valence-corrected chi connectivity index (χ4v) is 6.96. The summed E-state index contributed by atoms with van der Waals surface area (Å²) < 4.78 is 18.4. The molecule has 1 aliphatic heterocycles. The van der Waals surface area contributed by atoms with Gasteiger partial charge in [-0.1, -0.05) is 87.3 Å². The van der Waals surface area contributed by atoms with E-state index in [4.69, 9.17) is 95.0 Å². The molecule has 1 heterocycles. The monoisotopic (exact) mass is 586 g/mol. The van der Waals surface area contributed by atoms with Crippen molar-refractivity contribution in [1.29, 1.82) is 0 Å². The van der Waals surface area contributed by atoms with Crippen LogP contribution >= 0.6 is 76.3 Å². The van der Waals surface area contributed by atoms with Crippen LogP contribution in [0.15, 0.2) is 30.3 Å². The smallest absolute Gasteiger partial charge is 0.407 e. The van der Waals surface area contributed by atoms with Crippen LogP contribution in [0, 0.1) is 13.8 Å². The van der Waals surface area contributed by atoms with Crippen molar-refractivity contribution in [3.05, 3.63) is 82.7 Å². The van der Waals surface area contributed by atoms with E-state index >= 15 is 0 Å². The van der Waals surface area contributed by atoms with E-state index in [1.165, 1.54) is 12.1 Å². The minimum atomic E-state index is -3.58. The van der Waals surface area contributed by atoms with Gasteiger partial charge in [0.1, 0.15) is 5.75 Å². The van der Waals surface area contributed by atoms with Gasteiger partial charge in [-0.25, -0.2) is 0 Å². The lowest BCUT2D eigenvalue weighted by Crippen LogP contribution is -2.14. The molecule has 0 aromatic heterocycles. The summed E-state index contributed by atoms with van der Waals surface area (Å²) in [5.74, 6) is 0.897. The molecular weight excluding hydrogens is 576 g/mol. The van der Waals surface area contributed by atoms with Gasteiger partial charge < -0.3 is 13.6 Å². The summed E-state index contributed by atoms with van der Waals surface area (Å²) in [6.07, 6.45) is 0.141. The molecule has 32 heavy (non-hydrogen) atoms. The summed E-state index contributed by atoms with van der Waals surface area (Å²) in [6.45, 7) is 0.290. The average Bonchev–Trinajstić information content (AvgIpc) is 2.70. The summed E-state index contributed by atoms with van der Waals surface area (Å²) in [5, 5.41) is 1.36. The van der Waals surface area contributed by atoms with E-state index in [1.807, 2.05) is 26.0 Å². The summed E-state index contributed by atoms with van der Waals surface area (Å²) in [6, 6.07) is 8.57. The van der Waals surface area contributed by atoms with E-state index in [1.54, 1.807) is 6.07 Å². The second-order valence-corrected chi connectivity index (χ2v) is 12.3. The first-order valence-electron chi connectivity index (χ1n) is 9.08. The summed E-state index contributed by atoms with van der Waals surface area (Å²) in [7, 11) is 0. The lowest BCUT2D eigenvalue weighted by Gasteiger charge is -2.30. The first kappa shape index (κ1) is 24.6. The molecule has 0 bridgehead atoms. The van der Waals surface area contributed by atoms with Crippen LogP contribution in [0.1, 0.15) is 22.3 Å². The largest absolute Gasteiger partial charge is 0.490 e. The summed E-state index contributed by atoms with van der Waals surface area (Å²) >= 11 is 44.3. The molecule has 0 N–H and O–H groups in total. The number of hydrogen-bond acceptors (Lipinski definition) is 4. The van der Waals surface area contributed by atoms with Crippen molar-refractivity contribution in [1.82, 2.24) is 0 Å². The fourth-order valence-electron chi connectivity index (χ4n) is 3.25. The second-order valence-electron chi connectivity index (χ2n) is 7.09. The van der Waals surface area contributed by atoms with Crippen LogP contribution in [0.5, 0.6) is 17.2 Å². The Hall–Kier alpha value is -0.550. The van der Waals surface area contributed by atoms with Gasteiger partial charge in [-0.05, 0) is 37.6 Å². The van der Waals surface area contributed by atoms with Crippen LogP contribution in [0.25, 0.3) is 0 Å². The fraction of sp³-hybridized carbons (Fsp3) is 0.143. The first-order chi connectivity index (χ1) is 15.0. The topological polar surface area (TPSA) is 27.7 Å². The Bertz CT molecular complexity index is 1240. The van der Waals surface area contributed by atoms with E-state index in [2.05, 4.69) is 0 Å². The van der Waals surface area contributed by atoms with Crippen molar-refractivity contribution < 1.29 is 13.6 Å². The highest BCUT2D eigenvalue weighted by molar-refractivity contribution is 8.08. The molecule has 1 aliphatic rings. The molecule has 3 aromatic rings. The van der Waals surface area contributed by atoms with Gasteiger partial charge in [-0.3, -0.25) is 0 Å². The van der Waals surface area contributed by atoms with Crippen LogP contribution in [0.4, 0.5) is 0 Å². The molecule has 168 valence electrons. The van der Waals surface area contributed by atoms with Gasteiger partial charge in [-0.15, -0.1) is 0 Å². The van der Waals surface area contributed by atoms with Crippen molar-refractivity contribution in [3.8, 4) is 17.2 Å². The van der Waals surface area contributed by atoms with Gasteiger partial charge in [0.2, 0.25) is 0 Å². The maximum Gasteiger partial charge on any atom is 0.490 e. The second kappa shape index (κ2) is 9.24. The summed E-state index contributed by atoms with van der Waals surface area (Å²) in [4.78, 5) is 0. The maximum atomic E-state index is 6.52. The number of halogens is 6. The first-order valence-corrected chi connectivity index (χ1v) is 13.9. The zero-order valence-electron chi connectivity index (χ0n) is 16.4. The Morgan fingerprint density at radius 1 is 0.781 bits per heavy atom. The molecule has 0 amide bonds. The van der Waals surface area contributed by atoms with Gasteiger partial charge in [0.25, 0.3) is 0 Å². The van der Waals surface area contributed by atoms with Crippen molar-refractivity contribution in [2.24, 2.45) is 0 Å². The van der Waals surface area contributed by atoms with Crippen molar-refractivity contribution in [2.75, 3.05) is 0 Å². The predicted octanol–water partition coefficient (Wildman–Crippen LogP) is 9.89. The minimum absolute atomic E-state index is 0.141. The zero-order valence-corrected chi connectivity index (χ0v) is 22.7. The normalized spacial score (nSPS) is 14.4. The molecule has 0 saturated heterocycles. The van der Waals surface area contributed by atoms with Crippen LogP contribution in [-0.2, 0) is 18.2 Å². The Labute approximate surface area is 220 Å². The predicted molar refractivity (Wildman–Crippen MR) is 138 cm³/mol. The Balaban J connectivity index is 1.96. The third kappa shape index (κ3) is 4.67. The van der Waals surface area contributed by atoms with E-state index < -0.39 is 6.72 Å². The van der Waals surface area contributed by atoms with Crippen LogP contribution in [0.3, 0.4) is 0 Å². The lowest BCUT2D eigenvalue weighted by atomic mass is 10.0. The number of rotatable bonds is 2. The van der Waals surface area contributed by atoms with E-state index in [0.717, 1.165) is 11.1 Å². The lowest BCUT2D eigenvalue weighted by molar-refractivity contribution is 0.376. The zero-order chi connectivity index (χ0) is 23.4. The Morgan fingerprint density at radius 2 is 1.28 bits per heavy atom. The average molecular weight is 589 g/mol. The van der Waals surface area contributed by atoms with E-state index in [9.17, 15) is 0 Å². The number of hydrogen-bond donors (Lipinski definition) is 0. The molecule has 4 rings (SSSR count). The van der Waals surface area contributed by atoms with Gasteiger partial charge in [0, 0.05) is 29.4 Å². The SMILES string of the molecule is Cc1ccc(OP2(=S)Oc3c(Cl)cc(Cl)c(Cl)c3Cc3c(Cl)c(Cl)cc(Cl)c3O2)c(C)c1. The molecule has 11 heteroatoms. The van der Waals surface area contributed by atoms with Crippen LogP contribution < -0.4 is 13.6 Å². The van der Waals surface area contributed by atoms with Crippen LogP contribution in [0.2, 0.25) is 30.1 Å². The van der Waals surface area contributed by atoms with Gasteiger partial charge in [-0.2, -0.15) is 0 Å². The highest BCUT2D eigenvalue weighted by Crippen LogP contribution is 2.58. The quantitative estimate of drug-likeness (QED) is 0.220. The standard InChI is InChI=1S/C21H13Cl6O3PS/c1-9-3-4-17(10(2)5-9)28-31(32)29-20-11(18(26)13(22)7-15(20)24)6-12-19(27)14(23)8-16(25)21(12)30-31/h3-5,7-8H,6H2,1-2H3. The molecule has 0 aliphatic carbocycles. The number of benzene rings is 3. The number of aryl methyl sites for hydroxylation is 2. The van der Waals surface area contributed by atoms with Gasteiger partial charge in [0.05, 0.1) is 30.1 Å². The maximum absolute atomic E-state index is 6.52. The molecular formula is C21H13Cl6O3PS. The molecule has 3 aromatic carbocycles. The summed E-state index contributed by atoms with van der Waals surface area (Å²) in [5.41, 5.74) is 2.85.